The fourth-order valence-electron chi connectivity index (χ4n) is 3.20. The fourth-order valence-corrected chi connectivity index (χ4v) is 4.24. The molecule has 1 saturated heterocycles. The number of aromatic nitrogens is 2. The SMILES string of the molecule is Cc1nn(C)c2sc(C(=O)NCC3CN(CC(C)C)CCO3)cc12. The Morgan fingerprint density at radius 1 is 1.54 bits per heavy atom. The van der Waals surface area contributed by atoms with Crippen LogP contribution >= 0.6 is 11.3 Å². The lowest BCUT2D eigenvalue weighted by Gasteiger charge is -2.33. The van der Waals surface area contributed by atoms with Gasteiger partial charge in [0.1, 0.15) is 4.83 Å². The highest BCUT2D eigenvalue weighted by atomic mass is 32.1. The minimum absolute atomic E-state index is 0.0276. The van der Waals surface area contributed by atoms with Gasteiger partial charge in [-0.2, -0.15) is 5.10 Å². The van der Waals surface area contributed by atoms with E-state index >= 15 is 0 Å². The van der Waals surface area contributed by atoms with Crippen LogP contribution in [0.5, 0.6) is 0 Å². The van der Waals surface area contributed by atoms with Gasteiger partial charge >= 0.3 is 0 Å². The first-order valence-electron chi connectivity index (χ1n) is 8.49. The number of fused-ring (bicyclic) bond motifs is 1. The topological polar surface area (TPSA) is 59.4 Å². The second-order valence-corrected chi connectivity index (χ2v) is 7.93. The molecular formula is C17H26N4O2S. The number of carbonyl (C=O) groups excluding carboxylic acids is 1. The molecule has 1 amide bonds. The molecule has 2 aromatic heterocycles. The molecule has 0 bridgehead atoms. The molecule has 1 unspecified atom stereocenters. The molecule has 24 heavy (non-hydrogen) atoms. The van der Waals surface area contributed by atoms with Gasteiger partial charge in [-0.05, 0) is 18.9 Å². The van der Waals surface area contributed by atoms with Gasteiger partial charge in [0.2, 0.25) is 0 Å². The van der Waals surface area contributed by atoms with Crippen molar-refractivity contribution in [1.29, 1.82) is 0 Å². The molecule has 1 N–H and O–H groups in total. The van der Waals surface area contributed by atoms with Crippen molar-refractivity contribution < 1.29 is 9.53 Å². The summed E-state index contributed by atoms with van der Waals surface area (Å²) in [5, 5.41) is 8.45. The minimum Gasteiger partial charge on any atom is -0.374 e. The van der Waals surface area contributed by atoms with Crippen LogP contribution in [0.3, 0.4) is 0 Å². The summed E-state index contributed by atoms with van der Waals surface area (Å²) < 4.78 is 7.62. The summed E-state index contributed by atoms with van der Waals surface area (Å²) in [6.45, 7) is 10.7. The molecule has 1 aliphatic rings. The van der Waals surface area contributed by atoms with E-state index in [2.05, 4.69) is 29.2 Å². The average molecular weight is 350 g/mol. The summed E-state index contributed by atoms with van der Waals surface area (Å²) in [5.74, 6) is 0.619. The number of hydrogen-bond acceptors (Lipinski definition) is 5. The molecule has 2 aromatic rings. The van der Waals surface area contributed by atoms with Gasteiger partial charge in [0.25, 0.3) is 5.91 Å². The van der Waals surface area contributed by atoms with Gasteiger partial charge in [-0.25, -0.2) is 0 Å². The summed E-state index contributed by atoms with van der Waals surface area (Å²) in [5.41, 5.74) is 0.961. The zero-order valence-corrected chi connectivity index (χ0v) is 15.7. The van der Waals surface area contributed by atoms with E-state index in [1.165, 1.54) is 11.3 Å². The van der Waals surface area contributed by atoms with Gasteiger partial charge in [0.15, 0.2) is 0 Å². The molecule has 1 aliphatic heterocycles. The quantitative estimate of drug-likeness (QED) is 0.896. The maximum Gasteiger partial charge on any atom is 0.261 e. The lowest BCUT2D eigenvalue weighted by Crippen LogP contribution is -2.48. The number of ether oxygens (including phenoxy) is 1. The maximum atomic E-state index is 12.4. The van der Waals surface area contributed by atoms with Crippen molar-refractivity contribution in [2.24, 2.45) is 13.0 Å². The van der Waals surface area contributed by atoms with Crippen molar-refractivity contribution in [1.82, 2.24) is 20.0 Å². The third-order valence-electron chi connectivity index (χ3n) is 4.26. The first kappa shape index (κ1) is 17.4. The normalized spacial score (nSPS) is 19.3. The van der Waals surface area contributed by atoms with Crippen molar-refractivity contribution >= 4 is 27.5 Å². The number of hydrogen-bond donors (Lipinski definition) is 1. The Bertz CT molecular complexity index is 687. The number of nitrogens with zero attached hydrogens (tertiary/aromatic N) is 3. The molecule has 1 fully saturated rings. The van der Waals surface area contributed by atoms with Crippen LogP contribution in [0, 0.1) is 12.8 Å². The Morgan fingerprint density at radius 3 is 3.04 bits per heavy atom. The van der Waals surface area contributed by atoms with E-state index < -0.39 is 0 Å². The predicted molar refractivity (Wildman–Crippen MR) is 96.7 cm³/mol. The summed E-state index contributed by atoms with van der Waals surface area (Å²) >= 11 is 1.49. The first-order valence-corrected chi connectivity index (χ1v) is 9.31. The largest absolute Gasteiger partial charge is 0.374 e. The highest BCUT2D eigenvalue weighted by molar-refractivity contribution is 7.20. The molecule has 0 aromatic carbocycles. The Kier molecular flexibility index (Phi) is 5.22. The Labute approximate surface area is 146 Å². The molecule has 6 nitrogen and oxygen atoms in total. The zero-order chi connectivity index (χ0) is 17.3. The summed E-state index contributed by atoms with van der Waals surface area (Å²) in [4.78, 5) is 16.6. The average Bonchev–Trinajstić information content (AvgIpc) is 3.07. The van der Waals surface area contributed by atoms with E-state index in [0.29, 0.717) is 12.5 Å². The highest BCUT2D eigenvalue weighted by Crippen LogP contribution is 2.27. The molecule has 1 atom stereocenters. The van der Waals surface area contributed by atoms with Crippen LogP contribution in [0.1, 0.15) is 29.2 Å². The van der Waals surface area contributed by atoms with Gasteiger partial charge in [0.05, 0.1) is 23.3 Å². The molecule has 0 spiro atoms. The molecule has 7 heteroatoms. The second-order valence-electron chi connectivity index (χ2n) is 6.89. The number of rotatable bonds is 5. The Balaban J connectivity index is 1.57. The second kappa shape index (κ2) is 7.21. The zero-order valence-electron chi connectivity index (χ0n) is 14.8. The number of amides is 1. The number of aryl methyl sites for hydroxylation is 2. The van der Waals surface area contributed by atoms with E-state index in [1.54, 1.807) is 0 Å². The van der Waals surface area contributed by atoms with Gasteiger partial charge in [-0.3, -0.25) is 14.4 Å². The number of thiophene rings is 1. The van der Waals surface area contributed by atoms with Crippen LogP contribution in [0.4, 0.5) is 0 Å². The van der Waals surface area contributed by atoms with Crippen LogP contribution in [-0.2, 0) is 11.8 Å². The standard InChI is InChI=1S/C17H26N4O2S/c1-11(2)9-21-5-6-23-13(10-21)8-18-16(22)15-7-14-12(3)19-20(4)17(14)24-15/h7,11,13H,5-6,8-10H2,1-4H3,(H,18,22). The van der Waals surface area contributed by atoms with E-state index in [4.69, 9.17) is 4.74 Å². The molecule has 132 valence electrons. The fraction of sp³-hybridized carbons (Fsp3) is 0.647. The highest BCUT2D eigenvalue weighted by Gasteiger charge is 2.22. The molecule has 3 heterocycles. The van der Waals surface area contributed by atoms with E-state index in [9.17, 15) is 4.79 Å². The van der Waals surface area contributed by atoms with Crippen molar-refractivity contribution in [2.75, 3.05) is 32.8 Å². The Hall–Kier alpha value is -1.44. The lowest BCUT2D eigenvalue weighted by atomic mass is 10.2. The van der Waals surface area contributed by atoms with Gasteiger partial charge in [0, 0.05) is 38.6 Å². The van der Waals surface area contributed by atoms with Crippen LogP contribution in [0.2, 0.25) is 0 Å². The minimum atomic E-state index is -0.0276. The van der Waals surface area contributed by atoms with Crippen LogP contribution in [-0.4, -0.2) is 59.5 Å². The van der Waals surface area contributed by atoms with Gasteiger partial charge in [-0.1, -0.05) is 13.8 Å². The molecular weight excluding hydrogens is 324 g/mol. The van der Waals surface area contributed by atoms with E-state index in [1.807, 2.05) is 24.7 Å². The third-order valence-corrected chi connectivity index (χ3v) is 5.46. The number of carbonyl (C=O) groups is 1. The van der Waals surface area contributed by atoms with Crippen molar-refractivity contribution in [3.8, 4) is 0 Å². The number of morpholine rings is 1. The number of nitrogens with one attached hydrogen (secondary N) is 1. The Morgan fingerprint density at radius 2 is 2.33 bits per heavy atom. The molecule has 0 saturated carbocycles. The van der Waals surface area contributed by atoms with Crippen molar-refractivity contribution in [3.63, 3.8) is 0 Å². The van der Waals surface area contributed by atoms with Crippen LogP contribution in [0.25, 0.3) is 10.2 Å². The van der Waals surface area contributed by atoms with Crippen molar-refractivity contribution in [3.05, 3.63) is 16.6 Å². The van der Waals surface area contributed by atoms with E-state index in [-0.39, 0.29) is 12.0 Å². The van der Waals surface area contributed by atoms with Gasteiger partial charge < -0.3 is 10.1 Å². The summed E-state index contributed by atoms with van der Waals surface area (Å²) in [7, 11) is 1.91. The molecule has 0 aliphatic carbocycles. The summed E-state index contributed by atoms with van der Waals surface area (Å²) in [6.07, 6.45) is 0.0687. The predicted octanol–water partition coefficient (Wildman–Crippen LogP) is 2.03. The summed E-state index contributed by atoms with van der Waals surface area (Å²) in [6, 6.07) is 1.93. The van der Waals surface area contributed by atoms with E-state index in [0.717, 1.165) is 47.0 Å². The monoisotopic (exact) mass is 350 g/mol. The van der Waals surface area contributed by atoms with Gasteiger partial charge in [-0.15, -0.1) is 11.3 Å². The molecule has 0 radical (unpaired) electrons. The first-order chi connectivity index (χ1) is 11.4. The van der Waals surface area contributed by atoms with Crippen molar-refractivity contribution in [2.45, 2.75) is 26.9 Å². The smallest absolute Gasteiger partial charge is 0.261 e. The van der Waals surface area contributed by atoms with Crippen LogP contribution < -0.4 is 5.32 Å². The van der Waals surface area contributed by atoms with Crippen LogP contribution in [0.15, 0.2) is 6.07 Å². The lowest BCUT2D eigenvalue weighted by molar-refractivity contribution is -0.0295. The maximum absolute atomic E-state index is 12.4. The third kappa shape index (κ3) is 3.79. The molecule has 3 rings (SSSR count).